The lowest BCUT2D eigenvalue weighted by Gasteiger charge is -2.27. The molecule has 2 heterocycles. The number of hydrogen-bond acceptors (Lipinski definition) is 3. The van der Waals surface area contributed by atoms with Gasteiger partial charge in [-0.1, -0.05) is 6.42 Å². The summed E-state index contributed by atoms with van der Waals surface area (Å²) < 4.78 is 0. The van der Waals surface area contributed by atoms with Gasteiger partial charge in [-0.2, -0.15) is 0 Å². The van der Waals surface area contributed by atoms with Gasteiger partial charge in [0.25, 0.3) is 5.56 Å². The third kappa shape index (κ3) is 2.10. The zero-order valence-corrected chi connectivity index (χ0v) is 12.8. The molecule has 2 aliphatic carbocycles. The summed E-state index contributed by atoms with van der Waals surface area (Å²) in [5.41, 5.74) is 2.20. The summed E-state index contributed by atoms with van der Waals surface area (Å²) in [5.74, 6) is 0.0289. The van der Waals surface area contributed by atoms with E-state index in [0.29, 0.717) is 5.69 Å². The minimum atomic E-state index is -0.303. The van der Waals surface area contributed by atoms with Crippen LogP contribution in [0.3, 0.4) is 0 Å². The fourth-order valence-corrected chi connectivity index (χ4v) is 4.54. The molecule has 3 aliphatic rings. The molecule has 2 fully saturated rings. The van der Waals surface area contributed by atoms with Gasteiger partial charge in [0.1, 0.15) is 5.69 Å². The number of fused-ring (bicyclic) bond motifs is 2. The number of carbonyl (C=O) groups is 1. The number of amides is 1. The first-order valence-electron chi connectivity index (χ1n) is 8.49. The molecule has 0 bridgehead atoms. The molecule has 5 heteroatoms. The smallest absolute Gasteiger partial charge is 0.271 e. The summed E-state index contributed by atoms with van der Waals surface area (Å²) in [5, 5.41) is 6.39. The predicted octanol–water partition coefficient (Wildman–Crippen LogP) is 1.72. The van der Waals surface area contributed by atoms with Crippen molar-refractivity contribution in [1.82, 2.24) is 10.3 Å². The van der Waals surface area contributed by atoms with E-state index in [-0.39, 0.29) is 22.9 Å². The molecule has 22 heavy (non-hydrogen) atoms. The van der Waals surface area contributed by atoms with Crippen LogP contribution in [-0.2, 0) is 17.6 Å². The molecule has 1 amide bonds. The fraction of sp³-hybridized carbons (Fsp3) is 0.647. The highest BCUT2D eigenvalue weighted by Gasteiger charge is 2.51. The molecule has 0 spiro atoms. The Kier molecular flexibility index (Phi) is 3.33. The van der Waals surface area contributed by atoms with Crippen LogP contribution in [0.25, 0.3) is 0 Å². The number of aromatic nitrogens is 1. The second-order valence-electron chi connectivity index (χ2n) is 6.98. The molecule has 2 atom stereocenters. The Labute approximate surface area is 129 Å². The van der Waals surface area contributed by atoms with E-state index in [0.717, 1.165) is 63.6 Å². The first kappa shape index (κ1) is 14.0. The lowest BCUT2D eigenvalue weighted by atomic mass is 9.81. The van der Waals surface area contributed by atoms with E-state index < -0.39 is 0 Å². The van der Waals surface area contributed by atoms with Gasteiger partial charge in [-0.3, -0.25) is 9.59 Å². The highest BCUT2D eigenvalue weighted by atomic mass is 16.2. The molecular weight excluding hydrogens is 278 g/mol. The molecule has 3 N–H and O–H groups in total. The Morgan fingerprint density at radius 2 is 2.09 bits per heavy atom. The molecule has 0 radical (unpaired) electrons. The predicted molar refractivity (Wildman–Crippen MR) is 85.0 cm³/mol. The fourth-order valence-electron chi connectivity index (χ4n) is 4.54. The number of anilines is 1. The van der Waals surface area contributed by atoms with Crippen LogP contribution in [0, 0.1) is 5.41 Å². The molecule has 118 valence electrons. The van der Waals surface area contributed by atoms with Crippen molar-refractivity contribution in [3.8, 4) is 0 Å². The highest BCUT2D eigenvalue weighted by molar-refractivity contribution is 5.96. The van der Waals surface area contributed by atoms with Crippen molar-refractivity contribution in [3.63, 3.8) is 0 Å². The lowest BCUT2D eigenvalue weighted by molar-refractivity contribution is -0.125. The monoisotopic (exact) mass is 301 g/mol. The summed E-state index contributed by atoms with van der Waals surface area (Å²) in [6.07, 6.45) is 8.18. The maximum absolute atomic E-state index is 12.8. The van der Waals surface area contributed by atoms with Crippen LogP contribution in [0.1, 0.15) is 49.8 Å². The van der Waals surface area contributed by atoms with Gasteiger partial charge in [-0.05, 0) is 63.1 Å². The first-order valence-corrected chi connectivity index (χ1v) is 8.49. The van der Waals surface area contributed by atoms with E-state index in [2.05, 4.69) is 15.6 Å². The highest BCUT2D eigenvalue weighted by Crippen LogP contribution is 2.45. The molecule has 0 aromatic carbocycles. The minimum absolute atomic E-state index is 0.0289. The number of H-pyrrole nitrogens is 1. The van der Waals surface area contributed by atoms with Gasteiger partial charge in [0, 0.05) is 11.7 Å². The number of hydrogen-bond donors (Lipinski definition) is 3. The maximum Gasteiger partial charge on any atom is 0.271 e. The molecule has 5 nitrogen and oxygen atoms in total. The quantitative estimate of drug-likeness (QED) is 0.779. The van der Waals surface area contributed by atoms with E-state index in [4.69, 9.17) is 0 Å². The van der Waals surface area contributed by atoms with Gasteiger partial charge in [-0.15, -0.1) is 0 Å². The Hall–Kier alpha value is -1.62. The number of aromatic amines is 1. The van der Waals surface area contributed by atoms with Crippen molar-refractivity contribution in [2.24, 2.45) is 5.41 Å². The van der Waals surface area contributed by atoms with Crippen LogP contribution in [0.2, 0.25) is 0 Å². The van der Waals surface area contributed by atoms with Crippen molar-refractivity contribution >= 4 is 11.6 Å². The minimum Gasteiger partial charge on any atom is -0.324 e. The standard InChI is InChI=1S/C17H23N3O2/c21-15-13(10-11-4-1-2-5-12(11)19-15)20-16(22)17-7-3-6-14(17)18-9-8-17/h10,14,18H,1-9H2,(H,19,21)(H,20,22)/t14-,17+/m1/s1. The largest absolute Gasteiger partial charge is 0.324 e. The van der Waals surface area contributed by atoms with Gasteiger partial charge < -0.3 is 15.6 Å². The van der Waals surface area contributed by atoms with E-state index in [1.807, 2.05) is 6.07 Å². The van der Waals surface area contributed by atoms with Crippen LogP contribution in [0.15, 0.2) is 10.9 Å². The number of carbonyl (C=O) groups excluding carboxylic acids is 1. The molecular formula is C17H23N3O2. The second kappa shape index (κ2) is 5.23. The Balaban J connectivity index is 1.61. The van der Waals surface area contributed by atoms with Gasteiger partial charge in [-0.25, -0.2) is 0 Å². The molecule has 4 rings (SSSR count). The molecule has 1 saturated heterocycles. The SMILES string of the molecule is O=C(Nc1cc2c([nH]c1=O)CCCC2)[C@]12CCC[C@H]1NCC2. The molecule has 1 saturated carbocycles. The molecule has 1 aromatic rings. The maximum atomic E-state index is 12.8. The van der Waals surface area contributed by atoms with E-state index in [1.54, 1.807) is 0 Å². The van der Waals surface area contributed by atoms with E-state index >= 15 is 0 Å². The number of nitrogens with one attached hydrogen (secondary N) is 3. The van der Waals surface area contributed by atoms with Crippen LogP contribution in [0.4, 0.5) is 5.69 Å². The zero-order chi connectivity index (χ0) is 15.2. The van der Waals surface area contributed by atoms with Gasteiger partial charge in [0.15, 0.2) is 0 Å². The van der Waals surface area contributed by atoms with Gasteiger partial charge in [0.2, 0.25) is 5.91 Å². The Morgan fingerprint density at radius 3 is 3.00 bits per heavy atom. The van der Waals surface area contributed by atoms with E-state index in [9.17, 15) is 9.59 Å². The van der Waals surface area contributed by atoms with Crippen molar-refractivity contribution in [2.75, 3.05) is 11.9 Å². The van der Waals surface area contributed by atoms with Crippen molar-refractivity contribution in [3.05, 3.63) is 27.7 Å². The van der Waals surface area contributed by atoms with Crippen molar-refractivity contribution < 1.29 is 4.79 Å². The van der Waals surface area contributed by atoms with Crippen LogP contribution >= 0.6 is 0 Å². The number of aryl methyl sites for hydroxylation is 2. The van der Waals surface area contributed by atoms with Gasteiger partial charge >= 0.3 is 0 Å². The third-order valence-corrected chi connectivity index (χ3v) is 5.78. The zero-order valence-electron chi connectivity index (χ0n) is 12.8. The van der Waals surface area contributed by atoms with E-state index in [1.165, 1.54) is 5.56 Å². The van der Waals surface area contributed by atoms with Crippen molar-refractivity contribution in [1.29, 1.82) is 0 Å². The summed E-state index contributed by atoms with van der Waals surface area (Å²) >= 11 is 0. The third-order valence-electron chi connectivity index (χ3n) is 5.78. The van der Waals surface area contributed by atoms with Crippen LogP contribution in [-0.4, -0.2) is 23.5 Å². The molecule has 0 unspecified atom stereocenters. The Morgan fingerprint density at radius 1 is 1.23 bits per heavy atom. The summed E-state index contributed by atoms with van der Waals surface area (Å²) in [4.78, 5) is 28.0. The van der Waals surface area contributed by atoms with Gasteiger partial charge in [0.05, 0.1) is 5.41 Å². The summed E-state index contributed by atoms with van der Waals surface area (Å²) in [7, 11) is 0. The van der Waals surface area contributed by atoms with Crippen LogP contribution < -0.4 is 16.2 Å². The van der Waals surface area contributed by atoms with Crippen LogP contribution in [0.5, 0.6) is 0 Å². The summed E-state index contributed by atoms with van der Waals surface area (Å²) in [6.45, 7) is 0.901. The lowest BCUT2D eigenvalue weighted by Crippen LogP contribution is -2.42. The number of pyridine rings is 1. The first-order chi connectivity index (χ1) is 10.7. The Bertz CT molecular complexity index is 654. The average molecular weight is 301 g/mol. The molecule has 1 aliphatic heterocycles. The molecule has 1 aromatic heterocycles. The average Bonchev–Trinajstić information content (AvgIpc) is 3.08. The normalized spacial score (nSPS) is 29.9. The summed E-state index contributed by atoms with van der Waals surface area (Å²) in [6, 6.07) is 2.18. The number of rotatable bonds is 2. The topological polar surface area (TPSA) is 74.0 Å². The van der Waals surface area contributed by atoms with Crippen molar-refractivity contribution in [2.45, 2.75) is 57.4 Å². The second-order valence-corrected chi connectivity index (χ2v) is 6.98.